The first kappa shape index (κ1) is 17.0. The number of carbonyl (C=O) groups excluding carboxylic acids is 1. The number of nitrogens with zero attached hydrogens (tertiary/aromatic N) is 1. The molecule has 3 aromatic carbocycles. The quantitative estimate of drug-likeness (QED) is 0.525. The Morgan fingerprint density at radius 2 is 1.85 bits per heavy atom. The molecule has 0 atom stereocenters. The molecular weight excluding hydrogens is 343 g/mol. The lowest BCUT2D eigenvalue weighted by Gasteiger charge is -2.08. The molecule has 27 heavy (non-hydrogen) atoms. The highest BCUT2D eigenvalue weighted by Crippen LogP contribution is 2.28. The van der Waals surface area contributed by atoms with Crippen molar-refractivity contribution in [1.82, 2.24) is 4.98 Å². The van der Waals surface area contributed by atoms with E-state index in [4.69, 9.17) is 4.42 Å². The van der Waals surface area contributed by atoms with Gasteiger partial charge in [-0.3, -0.25) is 4.79 Å². The molecular formula is C22H17FN2O2. The highest BCUT2D eigenvalue weighted by atomic mass is 19.1. The van der Waals surface area contributed by atoms with Gasteiger partial charge in [-0.2, -0.15) is 0 Å². The molecule has 0 aliphatic carbocycles. The number of benzene rings is 3. The summed E-state index contributed by atoms with van der Waals surface area (Å²) in [5.41, 5.74) is 4.61. The Morgan fingerprint density at radius 3 is 2.63 bits per heavy atom. The Kier molecular flexibility index (Phi) is 4.20. The molecule has 0 bridgehead atoms. The van der Waals surface area contributed by atoms with E-state index in [1.807, 2.05) is 32.0 Å². The Labute approximate surface area is 155 Å². The number of hydrogen-bond donors (Lipinski definition) is 1. The van der Waals surface area contributed by atoms with Crippen LogP contribution in [-0.2, 0) is 0 Å². The van der Waals surface area contributed by atoms with E-state index in [0.717, 1.165) is 11.1 Å². The van der Waals surface area contributed by atoms with E-state index in [0.29, 0.717) is 27.9 Å². The number of aromatic nitrogens is 1. The van der Waals surface area contributed by atoms with Crippen molar-refractivity contribution >= 4 is 22.7 Å². The largest absolute Gasteiger partial charge is 0.436 e. The van der Waals surface area contributed by atoms with Gasteiger partial charge in [0.25, 0.3) is 5.91 Å². The lowest BCUT2D eigenvalue weighted by molar-refractivity contribution is 0.102. The molecule has 5 heteroatoms. The van der Waals surface area contributed by atoms with E-state index in [1.165, 1.54) is 6.07 Å². The van der Waals surface area contributed by atoms with Crippen LogP contribution in [0.5, 0.6) is 0 Å². The number of halogens is 1. The number of anilines is 1. The molecule has 4 nitrogen and oxygen atoms in total. The molecule has 1 heterocycles. The van der Waals surface area contributed by atoms with Crippen molar-refractivity contribution in [2.45, 2.75) is 13.8 Å². The minimum atomic E-state index is -0.396. The second-order valence-electron chi connectivity index (χ2n) is 6.45. The van der Waals surface area contributed by atoms with Crippen molar-refractivity contribution in [2.24, 2.45) is 0 Å². The molecule has 0 aliphatic rings. The van der Waals surface area contributed by atoms with Gasteiger partial charge in [-0.15, -0.1) is 0 Å². The SMILES string of the molecule is Cc1ccc(C(=O)Nc2ccc3oc(-c4ccccc4F)nc3c2)c(C)c1. The van der Waals surface area contributed by atoms with Gasteiger partial charge in [-0.05, 0) is 55.8 Å². The summed E-state index contributed by atoms with van der Waals surface area (Å²) in [6.45, 7) is 3.89. The summed E-state index contributed by atoms with van der Waals surface area (Å²) in [5, 5.41) is 2.88. The summed E-state index contributed by atoms with van der Waals surface area (Å²) in [4.78, 5) is 16.9. The fourth-order valence-corrected chi connectivity index (χ4v) is 3.02. The Balaban J connectivity index is 1.64. The molecule has 134 valence electrons. The van der Waals surface area contributed by atoms with Gasteiger partial charge in [0.2, 0.25) is 5.89 Å². The topological polar surface area (TPSA) is 55.1 Å². The Morgan fingerprint density at radius 1 is 1.04 bits per heavy atom. The maximum absolute atomic E-state index is 14.0. The van der Waals surface area contributed by atoms with E-state index in [9.17, 15) is 9.18 Å². The average Bonchev–Trinajstić information content (AvgIpc) is 3.05. The van der Waals surface area contributed by atoms with Crippen molar-refractivity contribution in [3.8, 4) is 11.5 Å². The number of carbonyl (C=O) groups is 1. The summed E-state index contributed by atoms with van der Waals surface area (Å²) in [6, 6.07) is 17.2. The normalized spacial score (nSPS) is 10.9. The summed E-state index contributed by atoms with van der Waals surface area (Å²) in [6.07, 6.45) is 0. The first-order chi connectivity index (χ1) is 13.0. The van der Waals surface area contributed by atoms with Crippen LogP contribution in [0.15, 0.2) is 65.1 Å². The van der Waals surface area contributed by atoms with Gasteiger partial charge in [-0.1, -0.05) is 29.8 Å². The molecule has 0 radical (unpaired) electrons. The molecule has 1 amide bonds. The third kappa shape index (κ3) is 3.31. The maximum Gasteiger partial charge on any atom is 0.255 e. The zero-order valence-corrected chi connectivity index (χ0v) is 14.9. The van der Waals surface area contributed by atoms with Crippen LogP contribution >= 0.6 is 0 Å². The molecule has 1 aromatic heterocycles. The summed E-state index contributed by atoms with van der Waals surface area (Å²) in [5.74, 6) is -0.377. The summed E-state index contributed by atoms with van der Waals surface area (Å²) >= 11 is 0. The van der Waals surface area contributed by atoms with E-state index < -0.39 is 5.82 Å². The zero-order valence-electron chi connectivity index (χ0n) is 14.9. The zero-order chi connectivity index (χ0) is 19.0. The van der Waals surface area contributed by atoms with Crippen LogP contribution in [0.3, 0.4) is 0 Å². The van der Waals surface area contributed by atoms with Crippen LogP contribution in [0.4, 0.5) is 10.1 Å². The molecule has 0 spiro atoms. The summed E-state index contributed by atoms with van der Waals surface area (Å²) < 4.78 is 19.6. The van der Waals surface area contributed by atoms with Crippen LogP contribution in [0.2, 0.25) is 0 Å². The molecule has 0 aliphatic heterocycles. The fourth-order valence-electron chi connectivity index (χ4n) is 3.02. The van der Waals surface area contributed by atoms with Crippen molar-refractivity contribution in [2.75, 3.05) is 5.32 Å². The highest BCUT2D eigenvalue weighted by molar-refractivity contribution is 6.05. The van der Waals surface area contributed by atoms with Crippen molar-refractivity contribution in [3.05, 3.63) is 83.2 Å². The van der Waals surface area contributed by atoms with Gasteiger partial charge in [0.1, 0.15) is 11.3 Å². The predicted octanol–water partition coefficient (Wildman–Crippen LogP) is 5.50. The van der Waals surface area contributed by atoms with Crippen LogP contribution in [0, 0.1) is 19.7 Å². The Bertz CT molecular complexity index is 1160. The monoisotopic (exact) mass is 360 g/mol. The number of hydrogen-bond acceptors (Lipinski definition) is 3. The number of oxazole rings is 1. The van der Waals surface area contributed by atoms with Crippen LogP contribution < -0.4 is 5.32 Å². The third-order valence-corrected chi connectivity index (χ3v) is 4.38. The van der Waals surface area contributed by atoms with Crippen molar-refractivity contribution in [1.29, 1.82) is 0 Å². The van der Waals surface area contributed by atoms with E-state index >= 15 is 0 Å². The minimum absolute atomic E-state index is 0.190. The number of amides is 1. The number of fused-ring (bicyclic) bond motifs is 1. The van der Waals surface area contributed by atoms with E-state index in [-0.39, 0.29) is 11.8 Å². The second-order valence-corrected chi connectivity index (χ2v) is 6.45. The van der Waals surface area contributed by atoms with Crippen LogP contribution in [0.1, 0.15) is 21.5 Å². The van der Waals surface area contributed by atoms with Gasteiger partial charge in [-0.25, -0.2) is 9.37 Å². The number of nitrogens with one attached hydrogen (secondary N) is 1. The number of rotatable bonds is 3. The van der Waals surface area contributed by atoms with Crippen LogP contribution in [-0.4, -0.2) is 10.9 Å². The Hall–Kier alpha value is -3.47. The van der Waals surface area contributed by atoms with E-state index in [1.54, 1.807) is 36.4 Å². The second kappa shape index (κ2) is 6.68. The molecule has 0 saturated heterocycles. The smallest absolute Gasteiger partial charge is 0.255 e. The van der Waals surface area contributed by atoms with E-state index in [2.05, 4.69) is 10.3 Å². The number of aryl methyl sites for hydroxylation is 2. The average molecular weight is 360 g/mol. The highest BCUT2D eigenvalue weighted by Gasteiger charge is 2.14. The third-order valence-electron chi connectivity index (χ3n) is 4.38. The molecule has 0 saturated carbocycles. The van der Waals surface area contributed by atoms with Crippen LogP contribution in [0.25, 0.3) is 22.6 Å². The fraction of sp³-hybridized carbons (Fsp3) is 0.0909. The van der Waals surface area contributed by atoms with Gasteiger partial charge < -0.3 is 9.73 Å². The van der Waals surface area contributed by atoms with Gasteiger partial charge in [0.05, 0.1) is 5.56 Å². The molecule has 1 N–H and O–H groups in total. The minimum Gasteiger partial charge on any atom is -0.436 e. The van der Waals surface area contributed by atoms with Crippen molar-refractivity contribution < 1.29 is 13.6 Å². The maximum atomic E-state index is 14.0. The lowest BCUT2D eigenvalue weighted by atomic mass is 10.1. The lowest BCUT2D eigenvalue weighted by Crippen LogP contribution is -2.13. The van der Waals surface area contributed by atoms with Crippen molar-refractivity contribution in [3.63, 3.8) is 0 Å². The van der Waals surface area contributed by atoms with Gasteiger partial charge in [0.15, 0.2) is 5.58 Å². The van der Waals surface area contributed by atoms with Gasteiger partial charge >= 0.3 is 0 Å². The molecule has 4 aromatic rings. The first-order valence-electron chi connectivity index (χ1n) is 8.55. The van der Waals surface area contributed by atoms with Gasteiger partial charge in [0, 0.05) is 11.3 Å². The first-order valence-corrected chi connectivity index (χ1v) is 8.55. The standard InChI is InChI=1S/C22H17FN2O2/c1-13-7-9-16(14(2)11-13)21(26)24-15-8-10-20-19(12-15)25-22(27-20)17-5-3-4-6-18(17)23/h3-12H,1-2H3,(H,24,26). The molecule has 4 rings (SSSR count). The summed E-state index contributed by atoms with van der Waals surface area (Å²) in [7, 11) is 0. The predicted molar refractivity (Wildman–Crippen MR) is 103 cm³/mol. The molecule has 0 fully saturated rings. The molecule has 0 unspecified atom stereocenters.